The van der Waals surface area contributed by atoms with Gasteiger partial charge in [-0.05, 0) is 12.1 Å². The van der Waals surface area contributed by atoms with Gasteiger partial charge in [-0.15, -0.1) is 11.3 Å². The van der Waals surface area contributed by atoms with Crippen molar-refractivity contribution < 1.29 is 27.6 Å². The van der Waals surface area contributed by atoms with E-state index < -0.39 is 51.8 Å². The number of para-hydroxylation sites is 1. The van der Waals surface area contributed by atoms with Crippen LogP contribution in [0.15, 0.2) is 29.8 Å². The van der Waals surface area contributed by atoms with Gasteiger partial charge >= 0.3 is 6.18 Å². The first-order valence-electron chi connectivity index (χ1n) is 7.11. The Morgan fingerprint density at radius 2 is 1.89 bits per heavy atom. The van der Waals surface area contributed by atoms with Gasteiger partial charge in [0, 0.05) is 17.1 Å². The van der Waals surface area contributed by atoms with Crippen molar-refractivity contribution in [1.29, 1.82) is 0 Å². The zero-order valence-electron chi connectivity index (χ0n) is 13.1. The Bertz CT molecular complexity index is 858. The first kappa shape index (κ1) is 21.1. The molecule has 27 heavy (non-hydrogen) atoms. The Morgan fingerprint density at radius 1 is 1.19 bits per heavy atom. The van der Waals surface area contributed by atoms with Gasteiger partial charge in [0.05, 0.1) is 17.7 Å². The van der Waals surface area contributed by atoms with Gasteiger partial charge in [0.15, 0.2) is 15.8 Å². The van der Waals surface area contributed by atoms with Crippen LogP contribution >= 0.6 is 34.5 Å². The lowest BCUT2D eigenvalue weighted by Crippen LogP contribution is -2.24. The molecule has 2 N–H and O–H groups in total. The molecular formula is C15H10Cl2F3N3O3S. The molecule has 12 heteroatoms. The van der Waals surface area contributed by atoms with E-state index in [4.69, 9.17) is 23.2 Å². The summed E-state index contributed by atoms with van der Waals surface area (Å²) in [6.45, 7) is 0. The summed E-state index contributed by atoms with van der Waals surface area (Å²) in [7, 11) is 0. The molecule has 2 rings (SSSR count). The van der Waals surface area contributed by atoms with Crippen LogP contribution in [0, 0.1) is 0 Å². The zero-order valence-corrected chi connectivity index (χ0v) is 15.5. The maximum atomic E-state index is 13.2. The zero-order chi connectivity index (χ0) is 20.2. The molecule has 0 bridgehead atoms. The number of benzene rings is 1. The molecule has 0 unspecified atom stereocenters. The molecule has 1 aromatic heterocycles. The second kappa shape index (κ2) is 8.68. The standard InChI is InChI=1S/C15H10Cl2F3N3O3S/c16-12(17)13(26)23-11-7(2-1-3-8(11)15(18,19)20)9(24)6-10(25)22-14-21-4-5-27-14/h1-5,12H,6H2,(H,23,26)(H,21,22,25). The smallest absolute Gasteiger partial charge is 0.323 e. The fourth-order valence-corrected chi connectivity index (χ4v) is 2.68. The Labute approximate surface area is 164 Å². The number of carbonyl (C=O) groups is 3. The number of hydrogen-bond donors (Lipinski definition) is 2. The average molecular weight is 440 g/mol. The minimum Gasteiger partial charge on any atom is -0.323 e. The number of carbonyl (C=O) groups excluding carboxylic acids is 3. The van der Waals surface area contributed by atoms with Crippen LogP contribution in [-0.4, -0.2) is 27.4 Å². The molecule has 0 spiro atoms. The summed E-state index contributed by atoms with van der Waals surface area (Å²) in [5.41, 5.74) is -2.58. The molecule has 0 aliphatic heterocycles. The van der Waals surface area contributed by atoms with Gasteiger partial charge in [-0.3, -0.25) is 14.4 Å². The van der Waals surface area contributed by atoms with E-state index in [1.807, 2.05) is 5.32 Å². The van der Waals surface area contributed by atoms with Crippen molar-refractivity contribution in [2.75, 3.05) is 10.6 Å². The number of ketones is 1. The van der Waals surface area contributed by atoms with Gasteiger partial charge in [0.1, 0.15) is 0 Å². The lowest BCUT2D eigenvalue weighted by Gasteiger charge is -2.17. The van der Waals surface area contributed by atoms with Crippen LogP contribution < -0.4 is 10.6 Å². The van der Waals surface area contributed by atoms with Crippen LogP contribution in [0.5, 0.6) is 0 Å². The Hall–Kier alpha value is -2.17. The van der Waals surface area contributed by atoms with E-state index in [0.717, 1.165) is 23.5 Å². The maximum absolute atomic E-state index is 13.2. The van der Waals surface area contributed by atoms with E-state index in [0.29, 0.717) is 6.07 Å². The monoisotopic (exact) mass is 439 g/mol. The summed E-state index contributed by atoms with van der Waals surface area (Å²) in [6.07, 6.45) is -4.19. The summed E-state index contributed by atoms with van der Waals surface area (Å²) in [6, 6.07) is 2.73. The largest absolute Gasteiger partial charge is 0.418 e. The highest BCUT2D eigenvalue weighted by atomic mass is 35.5. The fourth-order valence-electron chi connectivity index (χ4n) is 2.02. The minimum absolute atomic E-state index is 0.234. The second-order valence-corrected chi connectivity index (χ2v) is 6.99. The van der Waals surface area contributed by atoms with Crippen molar-refractivity contribution in [3.63, 3.8) is 0 Å². The highest BCUT2D eigenvalue weighted by Crippen LogP contribution is 2.37. The van der Waals surface area contributed by atoms with Crippen LogP contribution in [0.1, 0.15) is 22.3 Å². The Morgan fingerprint density at radius 3 is 2.44 bits per heavy atom. The minimum atomic E-state index is -4.86. The number of rotatable bonds is 6. The summed E-state index contributed by atoms with van der Waals surface area (Å²) >= 11 is 11.8. The third-order valence-electron chi connectivity index (χ3n) is 3.12. The van der Waals surface area contributed by atoms with Crippen LogP contribution in [0.2, 0.25) is 0 Å². The fraction of sp³-hybridized carbons (Fsp3) is 0.200. The molecular weight excluding hydrogens is 430 g/mol. The molecule has 2 amide bonds. The average Bonchev–Trinajstić information content (AvgIpc) is 3.06. The number of alkyl halides is 5. The van der Waals surface area contributed by atoms with Crippen LogP contribution in [-0.2, 0) is 15.8 Å². The lowest BCUT2D eigenvalue weighted by molar-refractivity contribution is -0.137. The molecule has 2 aromatic rings. The number of nitrogens with one attached hydrogen (secondary N) is 2. The van der Waals surface area contributed by atoms with Crippen molar-refractivity contribution in [2.24, 2.45) is 0 Å². The molecule has 0 radical (unpaired) electrons. The maximum Gasteiger partial charge on any atom is 0.418 e. The van der Waals surface area contributed by atoms with Crippen molar-refractivity contribution in [3.8, 4) is 0 Å². The normalized spacial score (nSPS) is 11.3. The molecule has 0 fully saturated rings. The van der Waals surface area contributed by atoms with Crippen LogP contribution in [0.3, 0.4) is 0 Å². The number of hydrogen-bond acceptors (Lipinski definition) is 5. The van der Waals surface area contributed by atoms with Gasteiger partial charge < -0.3 is 10.6 Å². The summed E-state index contributed by atoms with van der Waals surface area (Å²) < 4.78 is 39.7. The Kier molecular flexibility index (Phi) is 6.79. The van der Waals surface area contributed by atoms with Gasteiger partial charge in [0.25, 0.3) is 5.91 Å². The van der Waals surface area contributed by atoms with Crippen molar-refractivity contribution in [2.45, 2.75) is 17.4 Å². The third-order valence-corrected chi connectivity index (χ3v) is 4.20. The lowest BCUT2D eigenvalue weighted by atomic mass is 10.0. The molecule has 0 aliphatic rings. The number of aromatic nitrogens is 1. The van der Waals surface area contributed by atoms with E-state index in [-0.39, 0.29) is 5.13 Å². The summed E-state index contributed by atoms with van der Waals surface area (Å²) in [5, 5.41) is 6.06. The number of amides is 2. The third kappa shape index (κ3) is 5.65. The molecule has 1 heterocycles. The molecule has 1 aromatic carbocycles. The molecule has 0 atom stereocenters. The molecule has 6 nitrogen and oxygen atoms in total. The Balaban J connectivity index is 2.32. The van der Waals surface area contributed by atoms with Crippen molar-refractivity contribution in [3.05, 3.63) is 40.9 Å². The quantitative estimate of drug-likeness (QED) is 0.402. The van der Waals surface area contributed by atoms with Crippen molar-refractivity contribution >= 4 is 63.0 Å². The van der Waals surface area contributed by atoms with E-state index in [2.05, 4.69) is 10.3 Å². The van der Waals surface area contributed by atoms with Gasteiger partial charge in [-0.1, -0.05) is 29.3 Å². The highest BCUT2D eigenvalue weighted by molar-refractivity contribution is 7.13. The summed E-state index contributed by atoms with van der Waals surface area (Å²) in [5.74, 6) is -2.85. The van der Waals surface area contributed by atoms with Gasteiger partial charge in [0.2, 0.25) is 5.91 Å². The predicted octanol–water partition coefficient (Wildman–Crippen LogP) is 4.12. The molecule has 0 aliphatic carbocycles. The number of anilines is 2. The first-order valence-corrected chi connectivity index (χ1v) is 8.86. The number of nitrogens with zero attached hydrogens (tertiary/aromatic N) is 1. The van der Waals surface area contributed by atoms with E-state index in [1.165, 1.54) is 6.20 Å². The van der Waals surface area contributed by atoms with E-state index >= 15 is 0 Å². The second-order valence-electron chi connectivity index (χ2n) is 5.00. The van der Waals surface area contributed by atoms with Crippen molar-refractivity contribution in [1.82, 2.24) is 4.98 Å². The van der Waals surface area contributed by atoms with Crippen LogP contribution in [0.4, 0.5) is 24.0 Å². The number of thiazole rings is 1. The highest BCUT2D eigenvalue weighted by Gasteiger charge is 2.36. The summed E-state index contributed by atoms with van der Waals surface area (Å²) in [4.78, 5) is 38.1. The first-order chi connectivity index (χ1) is 12.6. The SMILES string of the molecule is O=C(CC(=O)c1cccc(C(F)(F)F)c1NC(=O)C(Cl)Cl)Nc1nccs1. The molecule has 0 saturated carbocycles. The van der Waals surface area contributed by atoms with Crippen LogP contribution in [0.25, 0.3) is 0 Å². The molecule has 0 saturated heterocycles. The number of Topliss-reactive ketones (excluding diaryl/α,β-unsaturated/α-hetero) is 1. The predicted molar refractivity (Wildman–Crippen MR) is 95.3 cm³/mol. The van der Waals surface area contributed by atoms with E-state index in [1.54, 1.807) is 5.38 Å². The number of halogens is 5. The van der Waals surface area contributed by atoms with E-state index in [9.17, 15) is 27.6 Å². The molecule has 144 valence electrons. The van der Waals surface area contributed by atoms with Gasteiger partial charge in [-0.2, -0.15) is 13.2 Å². The van der Waals surface area contributed by atoms with Gasteiger partial charge in [-0.25, -0.2) is 4.98 Å². The topological polar surface area (TPSA) is 88.2 Å².